The molecule has 0 saturated heterocycles. The molecule has 2 N–H and O–H groups in total. The van der Waals surface area contributed by atoms with Gasteiger partial charge < -0.3 is 20.1 Å². The van der Waals surface area contributed by atoms with E-state index in [1.807, 2.05) is 18.2 Å². The van der Waals surface area contributed by atoms with Crippen molar-refractivity contribution in [2.24, 2.45) is 5.92 Å². The maximum atomic E-state index is 12.6. The maximum Gasteiger partial charge on any atom is 0.238 e. The van der Waals surface area contributed by atoms with E-state index in [1.165, 1.54) is 4.88 Å². The number of hydrogen-bond acceptors (Lipinski definition) is 6. The maximum absolute atomic E-state index is 12.6. The topological polar surface area (TPSA) is 83.4 Å². The van der Waals surface area contributed by atoms with Crippen molar-refractivity contribution in [2.45, 2.75) is 39.2 Å². The first kappa shape index (κ1) is 19.7. The van der Waals surface area contributed by atoms with Gasteiger partial charge in [-0.1, -0.05) is 19.9 Å². The first-order valence-corrected chi connectivity index (χ1v) is 10.9. The van der Waals surface area contributed by atoms with Crippen LogP contribution in [0.15, 0.2) is 18.2 Å². The minimum absolute atomic E-state index is 0.000329. The van der Waals surface area contributed by atoms with Crippen LogP contribution in [-0.4, -0.2) is 25.7 Å². The van der Waals surface area contributed by atoms with Gasteiger partial charge in [-0.25, -0.2) is 0 Å². The van der Waals surface area contributed by atoms with Crippen molar-refractivity contribution in [3.63, 3.8) is 0 Å². The van der Waals surface area contributed by atoms with E-state index < -0.39 is 0 Å². The second-order valence-corrected chi connectivity index (χ2v) is 8.83. The molecule has 1 amide bonds. The normalized spacial score (nSPS) is 15.7. The summed E-state index contributed by atoms with van der Waals surface area (Å²) in [5.74, 6) is 1.66. The number of ether oxygens (including phenoxy) is 2. The zero-order chi connectivity index (χ0) is 20.4. The predicted molar refractivity (Wildman–Crippen MR) is 113 cm³/mol. The van der Waals surface area contributed by atoms with E-state index in [1.54, 1.807) is 11.3 Å². The molecule has 2 aliphatic rings. The van der Waals surface area contributed by atoms with Gasteiger partial charge in [0.25, 0.3) is 0 Å². The third-order valence-electron chi connectivity index (χ3n) is 5.36. The summed E-state index contributed by atoms with van der Waals surface area (Å²) in [5, 5.41) is 16.5. The van der Waals surface area contributed by atoms with Gasteiger partial charge >= 0.3 is 0 Å². The molecule has 1 aromatic heterocycles. The van der Waals surface area contributed by atoms with Crippen molar-refractivity contribution < 1.29 is 14.3 Å². The van der Waals surface area contributed by atoms with Crippen molar-refractivity contribution in [3.05, 3.63) is 39.8 Å². The molecule has 1 aliphatic carbocycles. The van der Waals surface area contributed by atoms with E-state index in [4.69, 9.17) is 9.47 Å². The minimum Gasteiger partial charge on any atom is -0.486 e. The number of aryl methyl sites for hydroxylation is 1. The quantitative estimate of drug-likeness (QED) is 0.755. The van der Waals surface area contributed by atoms with Crippen molar-refractivity contribution in [3.8, 4) is 17.6 Å². The summed E-state index contributed by atoms with van der Waals surface area (Å²) >= 11 is 1.54. The molecule has 0 spiro atoms. The Labute approximate surface area is 174 Å². The van der Waals surface area contributed by atoms with Gasteiger partial charge in [-0.2, -0.15) is 5.26 Å². The molecule has 2 heterocycles. The van der Waals surface area contributed by atoms with Crippen LogP contribution in [0.5, 0.6) is 11.5 Å². The SMILES string of the molecule is CC(C)[C@H](NCC(=O)Nc1sc2c(c1C#N)CCC2)c1ccc2c(c1)OCCO2. The number of nitrogens with one attached hydrogen (secondary N) is 2. The molecule has 6 nitrogen and oxygen atoms in total. The molecule has 1 aromatic carbocycles. The van der Waals surface area contributed by atoms with Crippen LogP contribution in [0.1, 0.15) is 47.9 Å². The van der Waals surface area contributed by atoms with Crippen LogP contribution in [0, 0.1) is 17.2 Å². The highest BCUT2D eigenvalue weighted by Crippen LogP contribution is 2.38. The van der Waals surface area contributed by atoms with Crippen LogP contribution in [0.25, 0.3) is 0 Å². The van der Waals surface area contributed by atoms with E-state index in [9.17, 15) is 10.1 Å². The summed E-state index contributed by atoms with van der Waals surface area (Å²) < 4.78 is 11.3. The molecule has 4 rings (SSSR count). The van der Waals surface area contributed by atoms with Gasteiger partial charge in [0.2, 0.25) is 5.91 Å². The van der Waals surface area contributed by atoms with Crippen LogP contribution in [0.2, 0.25) is 0 Å². The third-order valence-corrected chi connectivity index (χ3v) is 6.57. The highest BCUT2D eigenvalue weighted by Gasteiger charge is 2.24. The number of carbonyl (C=O) groups is 1. The lowest BCUT2D eigenvalue weighted by molar-refractivity contribution is -0.115. The largest absolute Gasteiger partial charge is 0.486 e. The molecule has 7 heteroatoms. The summed E-state index contributed by atoms with van der Waals surface area (Å²) in [4.78, 5) is 13.8. The number of thiophene rings is 1. The number of anilines is 1. The first-order valence-electron chi connectivity index (χ1n) is 10.0. The first-order chi connectivity index (χ1) is 14.1. The molecule has 0 unspecified atom stereocenters. The van der Waals surface area contributed by atoms with Crippen LogP contribution in [0.4, 0.5) is 5.00 Å². The smallest absolute Gasteiger partial charge is 0.238 e. The molecular formula is C22H25N3O3S. The molecule has 2 aromatic rings. The van der Waals surface area contributed by atoms with Crippen molar-refractivity contribution in [2.75, 3.05) is 25.1 Å². The number of benzene rings is 1. The van der Waals surface area contributed by atoms with E-state index in [2.05, 4.69) is 30.6 Å². The lowest BCUT2D eigenvalue weighted by Crippen LogP contribution is -2.33. The summed E-state index contributed by atoms with van der Waals surface area (Å²) in [6.07, 6.45) is 3.03. The molecule has 0 saturated carbocycles. The highest BCUT2D eigenvalue weighted by molar-refractivity contribution is 7.16. The van der Waals surface area contributed by atoms with E-state index >= 15 is 0 Å². The zero-order valence-corrected chi connectivity index (χ0v) is 17.5. The van der Waals surface area contributed by atoms with Gasteiger partial charge in [0.15, 0.2) is 11.5 Å². The number of hydrogen-bond donors (Lipinski definition) is 2. The molecule has 152 valence electrons. The number of amides is 1. The fraction of sp³-hybridized carbons (Fsp3) is 0.455. The number of rotatable bonds is 6. The summed E-state index contributed by atoms with van der Waals surface area (Å²) in [6.45, 7) is 5.51. The van der Waals surface area contributed by atoms with Crippen LogP contribution < -0.4 is 20.1 Å². The van der Waals surface area contributed by atoms with Gasteiger partial charge in [0.05, 0.1) is 12.1 Å². The Morgan fingerprint density at radius 2 is 2.03 bits per heavy atom. The van der Waals surface area contributed by atoms with E-state index in [-0.39, 0.29) is 24.4 Å². The molecule has 1 aliphatic heterocycles. The number of nitrogens with zero attached hydrogens (tertiary/aromatic N) is 1. The molecular weight excluding hydrogens is 386 g/mol. The molecule has 0 radical (unpaired) electrons. The van der Waals surface area contributed by atoms with E-state index in [0.717, 1.165) is 41.9 Å². The van der Waals surface area contributed by atoms with Gasteiger partial charge in [-0.15, -0.1) is 11.3 Å². The molecule has 29 heavy (non-hydrogen) atoms. The Morgan fingerprint density at radius 1 is 1.24 bits per heavy atom. The monoisotopic (exact) mass is 411 g/mol. The van der Waals surface area contributed by atoms with Gasteiger partial charge in [-0.05, 0) is 48.4 Å². The van der Waals surface area contributed by atoms with Crippen molar-refractivity contribution in [1.29, 1.82) is 5.26 Å². The highest BCUT2D eigenvalue weighted by atomic mass is 32.1. The lowest BCUT2D eigenvalue weighted by atomic mass is 9.95. The number of nitriles is 1. The van der Waals surface area contributed by atoms with Crippen molar-refractivity contribution in [1.82, 2.24) is 5.32 Å². The molecule has 0 bridgehead atoms. The fourth-order valence-corrected chi connectivity index (χ4v) is 5.23. The molecule has 1 atom stereocenters. The van der Waals surface area contributed by atoms with Gasteiger partial charge in [0, 0.05) is 10.9 Å². The van der Waals surface area contributed by atoms with Crippen LogP contribution in [-0.2, 0) is 17.6 Å². The summed E-state index contributed by atoms with van der Waals surface area (Å²) in [6, 6.07) is 8.20. The Morgan fingerprint density at radius 3 is 2.79 bits per heavy atom. The average molecular weight is 412 g/mol. The lowest BCUT2D eigenvalue weighted by Gasteiger charge is -2.25. The minimum atomic E-state index is -0.135. The van der Waals surface area contributed by atoms with Gasteiger partial charge in [-0.3, -0.25) is 4.79 Å². The van der Waals surface area contributed by atoms with Crippen LogP contribution in [0.3, 0.4) is 0 Å². The second-order valence-electron chi connectivity index (χ2n) is 7.73. The number of carbonyl (C=O) groups excluding carboxylic acids is 1. The Hall–Kier alpha value is -2.56. The number of fused-ring (bicyclic) bond motifs is 2. The molecule has 0 fully saturated rings. The zero-order valence-electron chi connectivity index (χ0n) is 16.7. The average Bonchev–Trinajstić information content (AvgIpc) is 3.28. The van der Waals surface area contributed by atoms with Gasteiger partial charge in [0.1, 0.15) is 24.3 Å². The second kappa shape index (κ2) is 8.44. The Bertz CT molecular complexity index is 961. The predicted octanol–water partition coefficient (Wildman–Crippen LogP) is 3.81. The third kappa shape index (κ3) is 4.09. The summed E-state index contributed by atoms with van der Waals surface area (Å²) in [5.41, 5.74) is 2.82. The fourth-order valence-electron chi connectivity index (χ4n) is 3.98. The summed E-state index contributed by atoms with van der Waals surface area (Å²) in [7, 11) is 0. The standard InChI is InChI=1S/C22H25N3O3S/c1-13(2)21(14-6-7-17-18(10-14)28-9-8-27-17)24-12-20(26)25-22-16(11-23)15-4-3-5-19(15)29-22/h6-7,10,13,21,24H,3-5,8-9,12H2,1-2H3,(H,25,26)/t21-/m0/s1. The van der Waals surface area contributed by atoms with Crippen molar-refractivity contribution >= 4 is 22.2 Å². The Balaban J connectivity index is 1.43. The Kier molecular flexibility index (Phi) is 5.74. The van der Waals surface area contributed by atoms with Crippen LogP contribution >= 0.6 is 11.3 Å². The van der Waals surface area contributed by atoms with E-state index in [0.29, 0.717) is 23.8 Å².